The van der Waals surface area contributed by atoms with E-state index in [1.807, 2.05) is 62.4 Å². The number of ether oxygens (including phenoxy) is 1. The molecule has 7 nitrogen and oxygen atoms in total. The number of nitrogens with one attached hydrogen (secondary N) is 1. The molecule has 0 aliphatic rings. The molecule has 1 amide bonds. The minimum absolute atomic E-state index is 0.0733. The molecule has 0 radical (unpaired) electrons. The van der Waals surface area contributed by atoms with Gasteiger partial charge in [-0.3, -0.25) is 4.79 Å². The van der Waals surface area contributed by atoms with Gasteiger partial charge in [0, 0.05) is 24.3 Å². The van der Waals surface area contributed by atoms with Crippen molar-refractivity contribution in [1.82, 2.24) is 5.32 Å². The highest BCUT2D eigenvalue weighted by atomic mass is 32.2. The Morgan fingerprint density at radius 3 is 2.50 bits per heavy atom. The van der Waals surface area contributed by atoms with E-state index in [1.165, 1.54) is 0 Å². The average Bonchev–Trinajstić information content (AvgIpc) is 3.29. The monoisotopic (exact) mass is 511 g/mol. The number of aliphatic carboxylic acids is 1. The van der Waals surface area contributed by atoms with Gasteiger partial charge in [-0.25, -0.2) is 4.79 Å². The maximum atomic E-state index is 13.1. The van der Waals surface area contributed by atoms with Crippen molar-refractivity contribution in [3.63, 3.8) is 0 Å². The second kappa shape index (κ2) is 13.3. The van der Waals surface area contributed by atoms with Gasteiger partial charge in [0.25, 0.3) is 5.91 Å². The maximum Gasteiger partial charge on any atom is 0.326 e. The number of rotatable bonds is 13. The van der Waals surface area contributed by atoms with Crippen LogP contribution in [0.4, 0.5) is 0 Å². The molecule has 0 spiro atoms. The summed E-state index contributed by atoms with van der Waals surface area (Å²) in [7, 11) is 0. The Bertz CT molecular complexity index is 1170. The Morgan fingerprint density at radius 1 is 1.08 bits per heavy atom. The molecule has 192 valence electrons. The van der Waals surface area contributed by atoms with Gasteiger partial charge < -0.3 is 24.7 Å². The Balaban J connectivity index is 1.90. The third kappa shape index (κ3) is 7.22. The second-order valence-corrected chi connectivity index (χ2v) is 9.80. The van der Waals surface area contributed by atoms with E-state index in [0.717, 1.165) is 39.7 Å². The molecule has 8 heteroatoms. The van der Waals surface area contributed by atoms with Gasteiger partial charge in [-0.2, -0.15) is 11.8 Å². The molecule has 3 N–H and O–H groups in total. The van der Waals surface area contributed by atoms with E-state index in [1.54, 1.807) is 17.8 Å². The summed E-state index contributed by atoms with van der Waals surface area (Å²) in [5.41, 5.74) is 3.78. The summed E-state index contributed by atoms with van der Waals surface area (Å²) in [6, 6.07) is 15.8. The molecule has 3 aromatic rings. The fraction of sp³-hybridized carbons (Fsp3) is 0.357. The number of benzene rings is 2. The lowest BCUT2D eigenvalue weighted by molar-refractivity contribution is -0.139. The van der Waals surface area contributed by atoms with Crippen LogP contribution in [0.2, 0.25) is 0 Å². The molecule has 1 aromatic heterocycles. The van der Waals surface area contributed by atoms with E-state index in [2.05, 4.69) is 12.2 Å². The quantitative estimate of drug-likeness (QED) is 0.292. The van der Waals surface area contributed by atoms with E-state index in [9.17, 15) is 19.8 Å². The number of thioether (sulfide) groups is 1. The van der Waals surface area contributed by atoms with Crippen LogP contribution in [-0.4, -0.2) is 46.2 Å². The zero-order chi connectivity index (χ0) is 26.1. The summed E-state index contributed by atoms with van der Waals surface area (Å²) in [4.78, 5) is 24.6. The van der Waals surface area contributed by atoms with Crippen molar-refractivity contribution in [2.75, 3.05) is 18.1 Å². The Hall–Kier alpha value is -3.07. The normalized spacial score (nSPS) is 12.8. The zero-order valence-corrected chi connectivity index (χ0v) is 21.6. The SMILES string of the molecule is CCSCC(OCc1ccc(C(=O)NC(CCO)C(=O)O)c(-c2ccccc2C)c1)c1ccc(C)o1. The molecule has 0 aliphatic heterocycles. The van der Waals surface area contributed by atoms with Gasteiger partial charge >= 0.3 is 5.97 Å². The van der Waals surface area contributed by atoms with Crippen molar-refractivity contribution in [3.05, 3.63) is 82.8 Å². The Labute approximate surface area is 215 Å². The van der Waals surface area contributed by atoms with Gasteiger partial charge in [0.2, 0.25) is 0 Å². The molecular weight excluding hydrogens is 478 g/mol. The first-order chi connectivity index (χ1) is 17.3. The molecule has 0 fully saturated rings. The van der Waals surface area contributed by atoms with Gasteiger partial charge in [0.1, 0.15) is 23.7 Å². The minimum atomic E-state index is -1.19. The Morgan fingerprint density at radius 2 is 1.86 bits per heavy atom. The first-order valence-electron chi connectivity index (χ1n) is 11.9. The first-order valence-corrected chi connectivity index (χ1v) is 13.1. The van der Waals surface area contributed by atoms with E-state index >= 15 is 0 Å². The maximum absolute atomic E-state index is 13.1. The van der Waals surface area contributed by atoms with Crippen LogP contribution < -0.4 is 5.32 Å². The Kier molecular flexibility index (Phi) is 10.2. The number of carboxylic acid groups (broad SMARTS) is 1. The lowest BCUT2D eigenvalue weighted by atomic mass is 9.93. The molecule has 0 bridgehead atoms. The van der Waals surface area contributed by atoms with Gasteiger partial charge in [-0.05, 0) is 66.1 Å². The number of amides is 1. The fourth-order valence-corrected chi connectivity index (χ4v) is 4.57. The topological polar surface area (TPSA) is 109 Å². The van der Waals surface area contributed by atoms with Gasteiger partial charge in [0.05, 0.1) is 6.61 Å². The van der Waals surface area contributed by atoms with Crippen molar-refractivity contribution in [1.29, 1.82) is 0 Å². The van der Waals surface area contributed by atoms with Crippen LogP contribution in [0.15, 0.2) is 59.0 Å². The van der Waals surface area contributed by atoms with Gasteiger partial charge in [-0.15, -0.1) is 0 Å². The molecule has 0 aliphatic carbocycles. The molecule has 1 heterocycles. The molecule has 0 saturated carbocycles. The number of hydrogen-bond acceptors (Lipinski definition) is 6. The summed E-state index contributed by atoms with van der Waals surface area (Å²) in [6.45, 7) is 5.94. The molecule has 3 rings (SSSR count). The predicted molar refractivity (Wildman–Crippen MR) is 141 cm³/mol. The molecule has 2 atom stereocenters. The molecule has 0 saturated heterocycles. The van der Waals surface area contributed by atoms with Crippen LogP contribution >= 0.6 is 11.8 Å². The molecule has 36 heavy (non-hydrogen) atoms. The summed E-state index contributed by atoms with van der Waals surface area (Å²) in [5, 5.41) is 21.1. The second-order valence-electron chi connectivity index (χ2n) is 8.48. The number of aryl methyl sites for hydroxylation is 2. The third-order valence-electron chi connectivity index (χ3n) is 5.79. The summed E-state index contributed by atoms with van der Waals surface area (Å²) in [5.74, 6) is 1.64. The van der Waals surface area contributed by atoms with Crippen LogP contribution in [0.5, 0.6) is 0 Å². The molecular formula is C28H33NO6S. The minimum Gasteiger partial charge on any atom is -0.480 e. The number of carbonyl (C=O) groups excluding carboxylic acids is 1. The van der Waals surface area contributed by atoms with Crippen molar-refractivity contribution in [2.45, 2.75) is 45.9 Å². The van der Waals surface area contributed by atoms with E-state index < -0.39 is 17.9 Å². The van der Waals surface area contributed by atoms with E-state index in [0.29, 0.717) is 17.7 Å². The van der Waals surface area contributed by atoms with Crippen molar-refractivity contribution in [3.8, 4) is 11.1 Å². The molecule has 2 unspecified atom stereocenters. The van der Waals surface area contributed by atoms with E-state index in [4.69, 9.17) is 9.15 Å². The van der Waals surface area contributed by atoms with Crippen LogP contribution in [0.1, 0.15) is 52.5 Å². The van der Waals surface area contributed by atoms with Gasteiger partial charge in [-0.1, -0.05) is 37.3 Å². The lowest BCUT2D eigenvalue weighted by Gasteiger charge is -2.19. The number of hydrogen-bond donors (Lipinski definition) is 3. The lowest BCUT2D eigenvalue weighted by Crippen LogP contribution is -2.41. The van der Waals surface area contributed by atoms with Crippen LogP contribution in [-0.2, 0) is 16.1 Å². The van der Waals surface area contributed by atoms with Crippen LogP contribution in [0, 0.1) is 13.8 Å². The van der Waals surface area contributed by atoms with Crippen molar-refractivity contribution < 1.29 is 29.0 Å². The standard InChI is InChI=1S/C28H33NO6S/c1-4-36-17-26(25-12-9-19(3)35-25)34-16-20-10-11-22(27(31)29-24(13-14-30)28(32)33)23(15-20)21-8-6-5-7-18(21)2/h5-12,15,24,26,30H,4,13-14,16-17H2,1-3H3,(H,29,31)(H,32,33). The summed E-state index contributed by atoms with van der Waals surface area (Å²) < 4.78 is 12.1. The summed E-state index contributed by atoms with van der Waals surface area (Å²) in [6.07, 6.45) is -0.279. The van der Waals surface area contributed by atoms with Crippen molar-refractivity contribution in [2.24, 2.45) is 0 Å². The largest absolute Gasteiger partial charge is 0.480 e. The van der Waals surface area contributed by atoms with Crippen LogP contribution in [0.3, 0.4) is 0 Å². The first kappa shape index (κ1) is 27.5. The number of aliphatic hydroxyl groups excluding tert-OH is 1. The highest BCUT2D eigenvalue weighted by molar-refractivity contribution is 7.99. The van der Waals surface area contributed by atoms with E-state index in [-0.39, 0.29) is 19.1 Å². The smallest absolute Gasteiger partial charge is 0.326 e. The average molecular weight is 512 g/mol. The highest BCUT2D eigenvalue weighted by Gasteiger charge is 2.23. The predicted octanol–water partition coefficient (Wildman–Crippen LogP) is 5.14. The summed E-state index contributed by atoms with van der Waals surface area (Å²) >= 11 is 1.77. The highest BCUT2D eigenvalue weighted by Crippen LogP contribution is 2.30. The fourth-order valence-electron chi connectivity index (χ4n) is 3.86. The zero-order valence-electron chi connectivity index (χ0n) is 20.8. The molecule has 2 aromatic carbocycles. The van der Waals surface area contributed by atoms with Crippen LogP contribution in [0.25, 0.3) is 11.1 Å². The third-order valence-corrected chi connectivity index (χ3v) is 6.73. The number of furan rings is 1. The van der Waals surface area contributed by atoms with Crippen molar-refractivity contribution >= 4 is 23.6 Å². The number of carbonyl (C=O) groups is 2. The van der Waals surface area contributed by atoms with Gasteiger partial charge in [0.15, 0.2) is 0 Å². The number of aliphatic hydroxyl groups is 1. The number of carboxylic acids is 1.